The topological polar surface area (TPSA) is 66.9 Å². The molecule has 1 aliphatic rings. The van der Waals surface area contributed by atoms with Gasteiger partial charge >= 0.3 is 0 Å². The minimum absolute atomic E-state index is 0.0132. The van der Waals surface area contributed by atoms with Gasteiger partial charge in [0.1, 0.15) is 17.0 Å². The molecule has 1 fully saturated rings. The molecule has 2 N–H and O–H groups in total. The zero-order chi connectivity index (χ0) is 17.4. The Bertz CT molecular complexity index is 899. The highest BCUT2D eigenvalue weighted by molar-refractivity contribution is 7.20. The molecule has 0 bridgehead atoms. The normalized spacial score (nSPS) is 15.3. The predicted octanol–water partition coefficient (Wildman–Crippen LogP) is 4.52. The summed E-state index contributed by atoms with van der Waals surface area (Å²) in [7, 11) is 0. The minimum Gasteiger partial charge on any atom is -0.362 e. The largest absolute Gasteiger partial charge is 0.362 e. The van der Waals surface area contributed by atoms with Crippen LogP contribution in [0.2, 0.25) is 0 Å². The maximum absolute atomic E-state index is 12.5. The lowest BCUT2D eigenvalue weighted by atomic mass is 10.1. The summed E-state index contributed by atoms with van der Waals surface area (Å²) >= 11 is 3.19. The van der Waals surface area contributed by atoms with Crippen LogP contribution < -0.4 is 10.6 Å². The van der Waals surface area contributed by atoms with Crippen molar-refractivity contribution in [2.45, 2.75) is 45.2 Å². The number of nitrogens with zero attached hydrogens (tertiary/aromatic N) is 2. The number of nitrogens with one attached hydrogen (secondary N) is 2. The lowest BCUT2D eigenvalue weighted by Gasteiger charge is -2.16. The summed E-state index contributed by atoms with van der Waals surface area (Å²) in [6.07, 6.45) is 4.71. The average Bonchev–Trinajstić information content (AvgIpc) is 3.13. The van der Waals surface area contributed by atoms with Gasteiger partial charge in [0.25, 0.3) is 5.91 Å². The average molecular weight is 373 g/mol. The number of hydrogen-bond donors (Lipinski definition) is 2. The van der Waals surface area contributed by atoms with E-state index in [0.29, 0.717) is 6.04 Å². The molecule has 1 atom stereocenters. The van der Waals surface area contributed by atoms with Gasteiger partial charge in [-0.05, 0) is 43.2 Å². The summed E-state index contributed by atoms with van der Waals surface area (Å²) in [6, 6.07) is 4.76. The Labute approximate surface area is 154 Å². The molecule has 7 heteroatoms. The van der Waals surface area contributed by atoms with Crippen LogP contribution in [-0.2, 0) is 0 Å². The second-order valence-corrected chi connectivity index (χ2v) is 8.31. The van der Waals surface area contributed by atoms with Crippen LogP contribution in [0.1, 0.15) is 52.3 Å². The number of aryl methyl sites for hydroxylation is 1. The summed E-state index contributed by atoms with van der Waals surface area (Å²) in [5.74, 6) is 0.823. The Kier molecular flexibility index (Phi) is 4.43. The van der Waals surface area contributed by atoms with Crippen LogP contribution in [0.5, 0.6) is 0 Å². The van der Waals surface area contributed by atoms with Crippen LogP contribution in [0, 0.1) is 6.92 Å². The van der Waals surface area contributed by atoms with Gasteiger partial charge in [-0.25, -0.2) is 9.97 Å². The van der Waals surface area contributed by atoms with E-state index in [1.165, 1.54) is 16.2 Å². The lowest BCUT2D eigenvalue weighted by Crippen LogP contribution is -2.25. The van der Waals surface area contributed by atoms with E-state index in [9.17, 15) is 4.79 Å². The molecular formula is C18H20N4OS2. The Balaban J connectivity index is 1.69. The third-order valence-electron chi connectivity index (χ3n) is 4.45. The molecule has 3 aromatic heterocycles. The quantitative estimate of drug-likeness (QED) is 0.668. The molecule has 0 unspecified atom stereocenters. The van der Waals surface area contributed by atoms with Crippen molar-refractivity contribution >= 4 is 44.6 Å². The number of thiophene rings is 2. The van der Waals surface area contributed by atoms with Crippen LogP contribution in [-0.4, -0.2) is 21.9 Å². The standard InChI is InChI=1S/C18H20N4OS2/c1-3-12(13-5-4-8-24-13)22-16-14-10(2)15(17(23)21-11-6-7-11)25-18(14)20-9-19-16/h4-5,8-9,11-12H,3,6-7H2,1-2H3,(H,21,23)(H,19,20,22)/t12-/m0/s1. The molecule has 0 radical (unpaired) electrons. The molecule has 0 saturated heterocycles. The maximum Gasteiger partial charge on any atom is 0.261 e. The second-order valence-electron chi connectivity index (χ2n) is 6.33. The first kappa shape index (κ1) is 16.5. The van der Waals surface area contributed by atoms with E-state index in [1.807, 2.05) is 6.92 Å². The van der Waals surface area contributed by atoms with Crippen LogP contribution in [0.4, 0.5) is 5.82 Å². The smallest absolute Gasteiger partial charge is 0.261 e. The van der Waals surface area contributed by atoms with Gasteiger partial charge in [-0.2, -0.15) is 0 Å². The van der Waals surface area contributed by atoms with Crippen LogP contribution >= 0.6 is 22.7 Å². The van der Waals surface area contributed by atoms with Crippen molar-refractivity contribution < 1.29 is 4.79 Å². The molecule has 0 spiro atoms. The van der Waals surface area contributed by atoms with Gasteiger partial charge in [0.2, 0.25) is 0 Å². The molecule has 4 rings (SSSR count). The van der Waals surface area contributed by atoms with Crippen LogP contribution in [0.3, 0.4) is 0 Å². The summed E-state index contributed by atoms with van der Waals surface area (Å²) < 4.78 is 0. The zero-order valence-corrected chi connectivity index (χ0v) is 15.8. The highest BCUT2D eigenvalue weighted by atomic mass is 32.1. The van der Waals surface area contributed by atoms with Crippen molar-refractivity contribution in [1.82, 2.24) is 15.3 Å². The highest BCUT2D eigenvalue weighted by Crippen LogP contribution is 2.36. The van der Waals surface area contributed by atoms with Crippen molar-refractivity contribution in [3.8, 4) is 0 Å². The minimum atomic E-state index is 0.0132. The van der Waals surface area contributed by atoms with E-state index < -0.39 is 0 Å². The Morgan fingerprint density at radius 1 is 1.40 bits per heavy atom. The molecule has 130 valence electrons. The fourth-order valence-electron chi connectivity index (χ4n) is 2.91. The number of anilines is 1. The van der Waals surface area contributed by atoms with Gasteiger partial charge in [0.05, 0.1) is 16.3 Å². The van der Waals surface area contributed by atoms with Gasteiger partial charge in [-0.1, -0.05) is 13.0 Å². The van der Waals surface area contributed by atoms with E-state index in [-0.39, 0.29) is 11.9 Å². The molecule has 25 heavy (non-hydrogen) atoms. The Morgan fingerprint density at radius 2 is 2.24 bits per heavy atom. The third kappa shape index (κ3) is 3.26. The molecule has 3 heterocycles. The van der Waals surface area contributed by atoms with Crippen molar-refractivity contribution in [3.63, 3.8) is 0 Å². The van der Waals surface area contributed by atoms with Gasteiger partial charge < -0.3 is 10.6 Å². The fraction of sp³-hybridized carbons (Fsp3) is 0.389. The predicted molar refractivity (Wildman–Crippen MR) is 104 cm³/mol. The molecule has 1 aliphatic carbocycles. The van der Waals surface area contributed by atoms with Crippen molar-refractivity contribution in [1.29, 1.82) is 0 Å². The van der Waals surface area contributed by atoms with E-state index in [2.05, 4.69) is 45.0 Å². The van der Waals surface area contributed by atoms with Crippen molar-refractivity contribution in [2.24, 2.45) is 0 Å². The second kappa shape index (κ2) is 6.72. The first-order valence-corrected chi connectivity index (χ1v) is 10.2. The van der Waals surface area contributed by atoms with Crippen LogP contribution in [0.15, 0.2) is 23.8 Å². The Hall–Kier alpha value is -1.99. The first-order valence-electron chi connectivity index (χ1n) is 8.52. The van der Waals surface area contributed by atoms with Gasteiger partial charge in [-0.15, -0.1) is 22.7 Å². The number of carbonyl (C=O) groups excluding carboxylic acids is 1. The van der Waals surface area contributed by atoms with E-state index in [4.69, 9.17) is 0 Å². The summed E-state index contributed by atoms with van der Waals surface area (Å²) in [6.45, 7) is 4.14. The first-order chi connectivity index (χ1) is 12.2. The van der Waals surface area contributed by atoms with Crippen molar-refractivity contribution in [2.75, 3.05) is 5.32 Å². The molecule has 3 aromatic rings. The monoisotopic (exact) mass is 372 g/mol. The van der Waals surface area contributed by atoms with Gasteiger partial charge in [0.15, 0.2) is 0 Å². The number of aromatic nitrogens is 2. The number of rotatable bonds is 6. The molecule has 1 amide bonds. The lowest BCUT2D eigenvalue weighted by molar-refractivity contribution is 0.0954. The Morgan fingerprint density at radius 3 is 2.92 bits per heavy atom. The van der Waals surface area contributed by atoms with Gasteiger partial charge in [0, 0.05) is 10.9 Å². The molecular weight excluding hydrogens is 352 g/mol. The maximum atomic E-state index is 12.5. The number of hydrogen-bond acceptors (Lipinski definition) is 6. The number of amides is 1. The van der Waals surface area contributed by atoms with Gasteiger partial charge in [-0.3, -0.25) is 4.79 Å². The third-order valence-corrected chi connectivity index (χ3v) is 6.64. The highest BCUT2D eigenvalue weighted by Gasteiger charge is 2.27. The fourth-order valence-corrected chi connectivity index (χ4v) is 4.82. The van der Waals surface area contributed by atoms with E-state index >= 15 is 0 Å². The van der Waals surface area contributed by atoms with Crippen molar-refractivity contribution in [3.05, 3.63) is 39.2 Å². The SMILES string of the molecule is CC[C@H](Nc1ncnc2sc(C(=O)NC3CC3)c(C)c12)c1cccs1. The summed E-state index contributed by atoms with van der Waals surface area (Å²) in [5.41, 5.74) is 0.960. The zero-order valence-electron chi connectivity index (χ0n) is 14.2. The molecule has 5 nitrogen and oxygen atoms in total. The summed E-state index contributed by atoms with van der Waals surface area (Å²) in [5, 5.41) is 9.68. The molecule has 0 aromatic carbocycles. The van der Waals surface area contributed by atoms with Crippen LogP contribution in [0.25, 0.3) is 10.2 Å². The van der Waals surface area contributed by atoms with E-state index in [0.717, 1.165) is 45.7 Å². The molecule has 1 saturated carbocycles. The number of fused-ring (bicyclic) bond motifs is 1. The van der Waals surface area contributed by atoms with E-state index in [1.54, 1.807) is 17.7 Å². The molecule has 0 aliphatic heterocycles. The number of carbonyl (C=O) groups is 1. The summed E-state index contributed by atoms with van der Waals surface area (Å²) in [4.78, 5) is 24.2.